The molecule has 2 aliphatic rings. The molecule has 0 spiro atoms. The Hall–Kier alpha value is -17.0. The maximum atomic E-state index is 14.0. The summed E-state index contributed by atoms with van der Waals surface area (Å²) in [5, 5.41) is 29.5. The Morgan fingerprint density at radius 1 is 0.206 bits per heavy atom. The third kappa shape index (κ3) is 14.7. The Bertz CT molecular complexity index is 7960. The van der Waals surface area contributed by atoms with E-state index >= 15 is 0 Å². The van der Waals surface area contributed by atoms with Crippen molar-refractivity contribution in [2.75, 3.05) is 0 Å². The van der Waals surface area contributed by atoms with Gasteiger partial charge in [-0.15, -0.1) is 0 Å². The van der Waals surface area contributed by atoms with Gasteiger partial charge < -0.3 is 28.9 Å². The number of H-pyrrole nitrogens is 2. The fourth-order valence-corrected chi connectivity index (χ4v) is 21.7. The number of hydrogen-bond donors (Lipinski definition) is 2. The zero-order chi connectivity index (χ0) is 90.6. The highest BCUT2D eigenvalue weighted by Gasteiger charge is 2.25. The van der Waals surface area contributed by atoms with Gasteiger partial charge in [-0.25, -0.2) is 9.97 Å². The van der Waals surface area contributed by atoms with E-state index in [0.717, 1.165) is 66.6 Å². The molecule has 0 aliphatic carbocycles. The van der Waals surface area contributed by atoms with Crippen molar-refractivity contribution in [1.82, 2.24) is 19.9 Å². The van der Waals surface area contributed by atoms with Crippen LogP contribution in [0.1, 0.15) is 96.4 Å². The normalized spacial score (nSPS) is 12.2. The predicted octanol–water partition coefficient (Wildman–Crippen LogP) is 30.6. The maximum Gasteiger partial charge on any atom is 0.311 e. The summed E-state index contributed by atoms with van der Waals surface area (Å²) in [5.41, 5.74) is 16.6. The van der Waals surface area contributed by atoms with Gasteiger partial charge in [0.25, 0.3) is 0 Å². The van der Waals surface area contributed by atoms with Crippen LogP contribution in [0.15, 0.2) is 340 Å². The van der Waals surface area contributed by atoms with Crippen molar-refractivity contribution >= 4 is 200 Å². The van der Waals surface area contributed by atoms with E-state index in [9.17, 15) is 19.2 Å². The number of aromatic amines is 2. The lowest BCUT2D eigenvalue weighted by atomic mass is 9.90. The standard InChI is InChI=1S/C124H86N4O8/c129-109(21-5-9-73-25-29-85-37-33-77-13-1-17-81-49-61-97(73)117(85)113(77)81)133-93-53-41-89(42-54-93)121-101-65-67-103(125-101)122(90-43-55-94(56-44-90)134-110(130)22-6-10-74-26-30-86-38-34-78-14-2-18-82-50-62-98(74)118(86)114(78)82)105-69-71-107(127-105)124(92-47-59-96(60-48-92)136-112(132)24-8-12-76-28-32-88-40-36-80-16-4-20-84-52-64-100(76)120(88)116(80)84)108-72-70-106(128-108)123(104-68-66-102(121)126-104)91-45-57-95(58-46-91)135-111(131)23-7-11-75-27-31-87-39-35-79-15-3-19-83-51-63-99(75)119(87)115(79)83/h1-4,13-20,25-72,125,128H,5-12,21-24H2. The van der Waals surface area contributed by atoms with Crippen molar-refractivity contribution in [3.8, 4) is 67.5 Å². The zero-order valence-corrected chi connectivity index (χ0v) is 74.3. The number of esters is 4. The summed E-state index contributed by atoms with van der Waals surface area (Å²) in [6.45, 7) is 0. The molecule has 20 aromatic carbocycles. The lowest BCUT2D eigenvalue weighted by molar-refractivity contribution is -0.135. The van der Waals surface area contributed by atoms with E-state index in [1.54, 1.807) is 0 Å². The smallest absolute Gasteiger partial charge is 0.311 e. The molecule has 3 aromatic heterocycles. The number of nitrogens with one attached hydrogen (secondary N) is 2. The molecule has 0 saturated carbocycles. The number of carbonyl (C=O) groups is 4. The van der Waals surface area contributed by atoms with Gasteiger partial charge in [0, 0.05) is 70.0 Å². The van der Waals surface area contributed by atoms with Crippen LogP contribution < -0.4 is 18.9 Å². The number of fused-ring (bicyclic) bond motifs is 8. The molecule has 136 heavy (non-hydrogen) atoms. The van der Waals surface area contributed by atoms with Gasteiger partial charge in [-0.1, -0.05) is 267 Å². The molecular formula is C124H86N4O8. The highest BCUT2D eigenvalue weighted by Crippen LogP contribution is 2.46. The Kier molecular flexibility index (Phi) is 20.1. The topological polar surface area (TPSA) is 163 Å². The second-order valence-corrected chi connectivity index (χ2v) is 36.2. The van der Waals surface area contributed by atoms with E-state index in [1.807, 2.05) is 121 Å². The van der Waals surface area contributed by atoms with E-state index in [0.29, 0.717) is 97.1 Å². The van der Waals surface area contributed by atoms with Crippen LogP contribution >= 0.6 is 0 Å². The number of ether oxygens (including phenoxy) is 4. The predicted molar refractivity (Wildman–Crippen MR) is 555 cm³/mol. The summed E-state index contributed by atoms with van der Waals surface area (Å²) in [6, 6.07) is 117. The lowest BCUT2D eigenvalue weighted by Gasteiger charge is -2.14. The summed E-state index contributed by atoms with van der Waals surface area (Å²) in [6.07, 6.45) is 14.3. The van der Waals surface area contributed by atoms with E-state index < -0.39 is 0 Å². The number of aryl methyl sites for hydroxylation is 4. The van der Waals surface area contributed by atoms with Crippen LogP contribution in [0.3, 0.4) is 0 Å². The second-order valence-electron chi connectivity index (χ2n) is 36.2. The van der Waals surface area contributed by atoms with Gasteiger partial charge in [0.2, 0.25) is 0 Å². The van der Waals surface area contributed by atoms with Gasteiger partial charge in [0.1, 0.15) is 23.0 Å². The maximum absolute atomic E-state index is 14.0. The molecule has 0 radical (unpaired) electrons. The molecule has 650 valence electrons. The number of hydrogen-bond acceptors (Lipinski definition) is 10. The van der Waals surface area contributed by atoms with Gasteiger partial charge in [-0.05, 0) is 322 Å². The van der Waals surface area contributed by atoms with Crippen LogP contribution in [0.4, 0.5) is 0 Å². The molecule has 0 amide bonds. The van der Waals surface area contributed by atoms with E-state index in [-0.39, 0.29) is 49.6 Å². The first-order valence-corrected chi connectivity index (χ1v) is 47.0. The van der Waals surface area contributed by atoms with Crippen LogP contribution in [0.25, 0.3) is 220 Å². The molecule has 0 fully saturated rings. The van der Waals surface area contributed by atoms with Gasteiger partial charge >= 0.3 is 23.9 Å². The SMILES string of the molecule is O=C(CCCc1ccc2ccc3cccc4ccc1c2c34)Oc1ccc(-c2c3nc(c(-c4ccc(OC(=O)CCCc5ccc6ccc7cccc8ccc5c6c78)cc4)c4ccc([nH]4)c(-c4ccc(OC(=O)CCCc5ccc6ccc7cccc8ccc5c6c78)cc4)c4nc(c(-c5ccc(OC(=O)CCCc6ccc7ccc8cccc9ccc6c7c89)cc5)c5ccc2[nH]5)C=C4)C=C3)cc1. The molecule has 0 unspecified atom stereocenters. The van der Waals surface area contributed by atoms with Crippen LogP contribution in [0, 0.1) is 0 Å². The third-order valence-electron chi connectivity index (χ3n) is 28.0. The van der Waals surface area contributed by atoms with Crippen molar-refractivity contribution < 1.29 is 38.1 Å². The molecule has 0 atom stereocenters. The van der Waals surface area contributed by atoms with Gasteiger partial charge in [-0.2, -0.15) is 0 Å². The van der Waals surface area contributed by atoms with Crippen molar-refractivity contribution in [1.29, 1.82) is 0 Å². The van der Waals surface area contributed by atoms with Crippen LogP contribution in [-0.4, -0.2) is 43.8 Å². The summed E-state index contributed by atoms with van der Waals surface area (Å²) in [4.78, 5) is 74.9. The molecule has 2 aliphatic heterocycles. The molecule has 25 rings (SSSR count). The molecule has 0 saturated heterocycles. The summed E-state index contributed by atoms with van der Waals surface area (Å²) in [5.74, 6) is 0.373. The first-order valence-electron chi connectivity index (χ1n) is 47.0. The summed E-state index contributed by atoms with van der Waals surface area (Å²) < 4.78 is 24.7. The fraction of sp³-hybridized carbons (Fsp3) is 0.0968. The fourth-order valence-electron chi connectivity index (χ4n) is 21.7. The summed E-state index contributed by atoms with van der Waals surface area (Å²) in [7, 11) is 0. The number of carbonyl (C=O) groups excluding carboxylic acids is 4. The highest BCUT2D eigenvalue weighted by molar-refractivity contribution is 6.27. The van der Waals surface area contributed by atoms with Crippen molar-refractivity contribution in [3.63, 3.8) is 0 Å². The van der Waals surface area contributed by atoms with Gasteiger partial charge in [-0.3, -0.25) is 19.2 Å². The first kappa shape index (κ1) is 81.1. The number of aromatic nitrogens is 4. The van der Waals surface area contributed by atoms with Crippen molar-refractivity contribution in [3.05, 3.63) is 385 Å². The highest BCUT2D eigenvalue weighted by atomic mass is 16.5. The van der Waals surface area contributed by atoms with E-state index in [1.165, 1.54) is 152 Å². The van der Waals surface area contributed by atoms with Crippen molar-refractivity contribution in [2.24, 2.45) is 0 Å². The van der Waals surface area contributed by atoms with Crippen LogP contribution in [0.5, 0.6) is 23.0 Å². The monoisotopic (exact) mass is 1760 g/mol. The lowest BCUT2D eigenvalue weighted by Crippen LogP contribution is -2.08. The molecule has 23 aromatic rings. The Labute approximate surface area is 781 Å². The minimum Gasteiger partial charge on any atom is -0.427 e. The number of benzene rings is 20. The molecular weight excluding hydrogens is 1670 g/mol. The first-order chi connectivity index (χ1) is 67.0. The van der Waals surface area contributed by atoms with Crippen LogP contribution in [0.2, 0.25) is 0 Å². The molecule has 12 nitrogen and oxygen atoms in total. The minimum atomic E-state index is -0.321. The van der Waals surface area contributed by atoms with Crippen molar-refractivity contribution in [2.45, 2.75) is 77.0 Å². The number of rotatable bonds is 24. The average molecular weight is 1760 g/mol. The Balaban J connectivity index is 0.553. The third-order valence-corrected chi connectivity index (χ3v) is 28.0. The van der Waals surface area contributed by atoms with E-state index in [4.69, 9.17) is 28.9 Å². The molecule has 12 heteroatoms. The van der Waals surface area contributed by atoms with Gasteiger partial charge in [0.15, 0.2) is 0 Å². The summed E-state index contributed by atoms with van der Waals surface area (Å²) >= 11 is 0. The molecule has 2 N–H and O–H groups in total. The quantitative estimate of drug-likeness (QED) is 0.0338. The Morgan fingerprint density at radius 2 is 0.397 bits per heavy atom. The molecule has 5 heterocycles. The molecule has 8 bridgehead atoms. The minimum absolute atomic E-state index is 0.225. The van der Waals surface area contributed by atoms with E-state index in [2.05, 4.69) is 253 Å². The Morgan fingerprint density at radius 3 is 0.610 bits per heavy atom. The van der Waals surface area contributed by atoms with Crippen LogP contribution in [-0.2, 0) is 44.9 Å². The average Bonchev–Trinajstić information content (AvgIpc) is 0.880. The number of nitrogens with zero attached hydrogens (tertiary/aromatic N) is 2. The largest absolute Gasteiger partial charge is 0.427 e. The van der Waals surface area contributed by atoms with Gasteiger partial charge in [0.05, 0.1) is 22.8 Å². The zero-order valence-electron chi connectivity index (χ0n) is 74.3. The second kappa shape index (κ2) is 33.7.